The van der Waals surface area contributed by atoms with Crippen LogP contribution in [0.15, 0.2) is 53.5 Å². The van der Waals surface area contributed by atoms with Gasteiger partial charge in [-0.05, 0) is 24.3 Å². The van der Waals surface area contributed by atoms with E-state index in [1.807, 2.05) is 35.6 Å². The molecule has 0 saturated carbocycles. The third-order valence-corrected chi connectivity index (χ3v) is 6.56. The highest BCUT2D eigenvalue weighted by Crippen LogP contribution is 2.30. The van der Waals surface area contributed by atoms with E-state index in [1.165, 1.54) is 0 Å². The Hall–Kier alpha value is -4.08. The molecule has 5 heterocycles. The van der Waals surface area contributed by atoms with Crippen molar-refractivity contribution in [3.05, 3.63) is 54.8 Å². The lowest BCUT2D eigenvalue weighted by atomic mass is 10.2. The van der Waals surface area contributed by atoms with E-state index in [0.29, 0.717) is 11.5 Å². The number of imidazole rings is 1. The van der Waals surface area contributed by atoms with Crippen molar-refractivity contribution in [3.63, 3.8) is 0 Å². The van der Waals surface area contributed by atoms with Gasteiger partial charge in [-0.2, -0.15) is 4.98 Å². The van der Waals surface area contributed by atoms with Gasteiger partial charge in [-0.1, -0.05) is 0 Å². The zero-order valence-corrected chi connectivity index (χ0v) is 19.0. The summed E-state index contributed by atoms with van der Waals surface area (Å²) in [6.45, 7) is 7.22. The molecule has 6 rings (SSSR count). The van der Waals surface area contributed by atoms with Gasteiger partial charge >= 0.3 is 0 Å². The maximum Gasteiger partial charge on any atom is 0.229 e. The Balaban J connectivity index is 1.20. The Morgan fingerprint density at radius 1 is 0.971 bits per heavy atom. The molecular weight excluding hydrogens is 432 g/mol. The molecule has 0 aliphatic carbocycles. The van der Waals surface area contributed by atoms with Gasteiger partial charge in [0.15, 0.2) is 11.4 Å². The topological polar surface area (TPSA) is 95.6 Å². The number of nitrogens with one attached hydrogen (secondary N) is 1. The van der Waals surface area contributed by atoms with E-state index in [1.54, 1.807) is 13.2 Å². The Morgan fingerprint density at radius 3 is 2.56 bits per heavy atom. The quantitative estimate of drug-likeness (QED) is 0.499. The van der Waals surface area contributed by atoms with Gasteiger partial charge in [0.1, 0.15) is 5.52 Å². The summed E-state index contributed by atoms with van der Waals surface area (Å²) < 4.78 is 7.90. The first kappa shape index (κ1) is 20.5. The summed E-state index contributed by atoms with van der Waals surface area (Å²) in [5.74, 6) is 1.46. The largest absolute Gasteiger partial charge is 0.459 e. The van der Waals surface area contributed by atoms with Crippen molar-refractivity contribution in [2.45, 2.75) is 20.0 Å². The zero-order valence-electron chi connectivity index (χ0n) is 19.0. The summed E-state index contributed by atoms with van der Waals surface area (Å²) in [6, 6.07) is 10.1. The predicted molar refractivity (Wildman–Crippen MR) is 129 cm³/mol. The lowest BCUT2D eigenvalue weighted by Gasteiger charge is -2.35. The minimum Gasteiger partial charge on any atom is -0.459 e. The number of carbonyl (C=O) groups is 1. The lowest BCUT2D eigenvalue weighted by molar-refractivity contribution is -0.129. The van der Waals surface area contributed by atoms with Crippen LogP contribution in [0.3, 0.4) is 0 Å². The summed E-state index contributed by atoms with van der Waals surface area (Å²) in [4.78, 5) is 31.7. The molecule has 10 nitrogen and oxygen atoms in total. The van der Waals surface area contributed by atoms with Crippen molar-refractivity contribution in [1.82, 2.24) is 24.4 Å². The van der Waals surface area contributed by atoms with Crippen LogP contribution in [0.25, 0.3) is 11.1 Å². The highest BCUT2D eigenvalue weighted by atomic mass is 16.3. The average Bonchev–Trinajstić information content (AvgIpc) is 3.53. The van der Waals surface area contributed by atoms with E-state index in [9.17, 15) is 4.79 Å². The summed E-state index contributed by atoms with van der Waals surface area (Å²) >= 11 is 0. The number of furan rings is 1. The molecule has 2 aliphatic heterocycles. The van der Waals surface area contributed by atoms with E-state index in [-0.39, 0.29) is 5.91 Å². The van der Waals surface area contributed by atoms with Crippen LogP contribution < -0.4 is 15.1 Å². The number of hydrogen-bond donors (Lipinski definition) is 1. The SMILES string of the molecule is CC(=O)N1CCN(c2ccc(Nc3nc(N4CCn5cncc5C4)c4occc4n3)cc2)CC1. The van der Waals surface area contributed by atoms with Gasteiger partial charge in [-0.3, -0.25) is 4.79 Å². The molecule has 1 fully saturated rings. The summed E-state index contributed by atoms with van der Waals surface area (Å²) in [5, 5.41) is 3.35. The van der Waals surface area contributed by atoms with E-state index in [2.05, 4.69) is 41.8 Å². The number of aromatic nitrogens is 4. The van der Waals surface area contributed by atoms with Crippen molar-refractivity contribution < 1.29 is 9.21 Å². The van der Waals surface area contributed by atoms with Gasteiger partial charge in [0.25, 0.3) is 0 Å². The smallest absolute Gasteiger partial charge is 0.229 e. The predicted octanol–water partition coefficient (Wildman–Crippen LogP) is 2.85. The van der Waals surface area contributed by atoms with Crippen LogP contribution in [0, 0.1) is 0 Å². The highest BCUT2D eigenvalue weighted by molar-refractivity contribution is 5.85. The molecular formula is C24H26N8O2. The third kappa shape index (κ3) is 3.81. The summed E-state index contributed by atoms with van der Waals surface area (Å²) in [5.41, 5.74) is 4.67. The number of piperazine rings is 1. The molecule has 0 radical (unpaired) electrons. The first-order valence-electron chi connectivity index (χ1n) is 11.5. The molecule has 0 spiro atoms. The van der Waals surface area contributed by atoms with Gasteiger partial charge in [0.05, 0.1) is 24.8 Å². The fourth-order valence-electron chi connectivity index (χ4n) is 4.65. The number of fused-ring (bicyclic) bond motifs is 2. The van der Waals surface area contributed by atoms with Crippen LogP contribution in [0.2, 0.25) is 0 Å². The van der Waals surface area contributed by atoms with Crippen LogP contribution in [-0.2, 0) is 17.9 Å². The first-order valence-corrected chi connectivity index (χ1v) is 11.5. The van der Waals surface area contributed by atoms with Gasteiger partial charge in [0, 0.05) is 69.8 Å². The molecule has 34 heavy (non-hydrogen) atoms. The molecule has 3 aromatic heterocycles. The number of hydrogen-bond acceptors (Lipinski definition) is 8. The molecule has 2 aliphatic rings. The number of carbonyl (C=O) groups excluding carboxylic acids is 1. The van der Waals surface area contributed by atoms with Crippen molar-refractivity contribution in [3.8, 4) is 0 Å². The van der Waals surface area contributed by atoms with Crippen LogP contribution in [0.1, 0.15) is 12.6 Å². The number of amides is 1. The summed E-state index contributed by atoms with van der Waals surface area (Å²) in [7, 11) is 0. The Bertz CT molecular complexity index is 1320. The lowest BCUT2D eigenvalue weighted by Crippen LogP contribution is -2.48. The van der Waals surface area contributed by atoms with E-state index in [4.69, 9.17) is 9.40 Å². The van der Waals surface area contributed by atoms with E-state index in [0.717, 1.165) is 74.2 Å². The Labute approximate surface area is 196 Å². The third-order valence-electron chi connectivity index (χ3n) is 6.56. The monoisotopic (exact) mass is 458 g/mol. The molecule has 174 valence electrons. The minimum atomic E-state index is 0.142. The fraction of sp³-hybridized carbons (Fsp3) is 0.333. The molecule has 10 heteroatoms. The first-order chi connectivity index (χ1) is 16.6. The minimum absolute atomic E-state index is 0.142. The second-order valence-corrected chi connectivity index (χ2v) is 8.67. The molecule has 0 bridgehead atoms. The number of anilines is 4. The molecule has 1 aromatic carbocycles. The molecule has 0 atom stereocenters. The number of nitrogens with zero attached hydrogens (tertiary/aromatic N) is 7. The average molecular weight is 459 g/mol. The van der Waals surface area contributed by atoms with Gasteiger partial charge < -0.3 is 29.0 Å². The second-order valence-electron chi connectivity index (χ2n) is 8.67. The van der Waals surface area contributed by atoms with Gasteiger partial charge in [-0.25, -0.2) is 9.97 Å². The number of rotatable bonds is 4. The molecule has 1 N–H and O–H groups in total. The molecule has 1 amide bonds. The summed E-state index contributed by atoms with van der Waals surface area (Å²) in [6.07, 6.45) is 5.42. The maximum absolute atomic E-state index is 11.6. The van der Waals surface area contributed by atoms with Gasteiger partial charge in [-0.15, -0.1) is 0 Å². The van der Waals surface area contributed by atoms with Gasteiger partial charge in [0.2, 0.25) is 11.9 Å². The number of benzene rings is 1. The standard InChI is InChI=1S/C24H26N8O2/c1-17(33)29-7-9-30(10-8-29)19-4-2-18(3-5-19)26-24-27-21-6-13-34-22(21)23(28-24)31-11-12-32-16-25-14-20(32)15-31/h2-6,13-14,16H,7-12,15H2,1H3,(H,26,27,28). The van der Waals surface area contributed by atoms with E-state index < -0.39 is 0 Å². The van der Waals surface area contributed by atoms with Crippen LogP contribution in [0.4, 0.5) is 23.1 Å². The zero-order chi connectivity index (χ0) is 23.1. The van der Waals surface area contributed by atoms with Crippen molar-refractivity contribution in [2.24, 2.45) is 0 Å². The van der Waals surface area contributed by atoms with Crippen LogP contribution in [0.5, 0.6) is 0 Å². The Morgan fingerprint density at radius 2 is 1.76 bits per heavy atom. The molecule has 4 aromatic rings. The fourth-order valence-corrected chi connectivity index (χ4v) is 4.65. The second kappa shape index (κ2) is 8.36. The van der Waals surface area contributed by atoms with Crippen LogP contribution >= 0.6 is 0 Å². The van der Waals surface area contributed by atoms with Crippen LogP contribution in [-0.4, -0.2) is 63.0 Å². The van der Waals surface area contributed by atoms with Crippen molar-refractivity contribution >= 4 is 40.1 Å². The maximum atomic E-state index is 11.6. The molecule has 0 unspecified atom stereocenters. The normalized spacial score (nSPS) is 16.1. The molecule has 1 saturated heterocycles. The Kier molecular flexibility index (Phi) is 5.05. The van der Waals surface area contributed by atoms with Crippen molar-refractivity contribution in [1.29, 1.82) is 0 Å². The van der Waals surface area contributed by atoms with Crippen molar-refractivity contribution in [2.75, 3.05) is 47.8 Å². The van der Waals surface area contributed by atoms with E-state index >= 15 is 0 Å². The highest BCUT2D eigenvalue weighted by Gasteiger charge is 2.23.